The fourth-order valence-corrected chi connectivity index (χ4v) is 2.85. The Hall–Kier alpha value is -0.540. The van der Waals surface area contributed by atoms with E-state index in [1.165, 1.54) is 0 Å². The van der Waals surface area contributed by atoms with E-state index in [0.29, 0.717) is 19.1 Å². The van der Waals surface area contributed by atoms with Crippen molar-refractivity contribution in [1.82, 2.24) is 10.2 Å². The van der Waals surface area contributed by atoms with Crippen LogP contribution in [0.5, 0.6) is 5.75 Å². The smallest absolute Gasteiger partial charge is 0.193 e. The van der Waals surface area contributed by atoms with Crippen LogP contribution in [-0.2, 0) is 4.74 Å². The quantitative estimate of drug-likeness (QED) is 0.284. The van der Waals surface area contributed by atoms with Gasteiger partial charge >= 0.3 is 0 Å². The minimum atomic E-state index is 0. The van der Waals surface area contributed by atoms with E-state index < -0.39 is 0 Å². The van der Waals surface area contributed by atoms with Crippen molar-refractivity contribution in [2.75, 3.05) is 47.0 Å². The highest BCUT2D eigenvalue weighted by Gasteiger charge is 2.18. The first-order valence-corrected chi connectivity index (χ1v) is 8.36. The number of benzene rings is 1. The third-order valence-corrected chi connectivity index (χ3v) is 4.07. The second-order valence-corrected chi connectivity index (χ2v) is 6.31. The number of nitrogens with zero attached hydrogens (tertiary/aromatic N) is 2. The Labute approximate surface area is 164 Å². The summed E-state index contributed by atoms with van der Waals surface area (Å²) in [7, 11) is 3.86. The van der Waals surface area contributed by atoms with Gasteiger partial charge in [0, 0.05) is 37.6 Å². The summed E-state index contributed by atoms with van der Waals surface area (Å²) >= 11 is 3.43. The second-order valence-electron chi connectivity index (χ2n) is 5.39. The Kier molecular flexibility index (Phi) is 9.89. The Bertz CT molecular complexity index is 496. The van der Waals surface area contributed by atoms with Gasteiger partial charge in [0.05, 0.1) is 13.2 Å². The van der Waals surface area contributed by atoms with Crippen LogP contribution in [0.25, 0.3) is 0 Å². The summed E-state index contributed by atoms with van der Waals surface area (Å²) in [5.41, 5.74) is 0. The van der Waals surface area contributed by atoms with E-state index in [9.17, 15) is 0 Å². The molecule has 1 unspecified atom stereocenters. The van der Waals surface area contributed by atoms with Crippen molar-refractivity contribution in [3.05, 3.63) is 28.7 Å². The zero-order valence-corrected chi connectivity index (χ0v) is 17.5. The highest BCUT2D eigenvalue weighted by Crippen LogP contribution is 2.17. The van der Waals surface area contributed by atoms with Crippen LogP contribution in [0.4, 0.5) is 0 Å². The molecule has 0 aromatic heterocycles. The SMILES string of the molecule is CN=C(NCCOc1cccc(Br)c1)N(C)CC1CCOC1.I. The molecule has 1 fully saturated rings. The van der Waals surface area contributed by atoms with E-state index >= 15 is 0 Å². The number of ether oxygens (including phenoxy) is 2. The molecule has 0 spiro atoms. The average molecular weight is 498 g/mol. The first-order valence-electron chi connectivity index (χ1n) is 7.57. The zero-order chi connectivity index (χ0) is 15.8. The lowest BCUT2D eigenvalue weighted by Crippen LogP contribution is -2.42. The lowest BCUT2D eigenvalue weighted by atomic mass is 10.1. The molecule has 1 aliphatic rings. The number of rotatable bonds is 6. The van der Waals surface area contributed by atoms with Gasteiger partial charge in [-0.05, 0) is 24.6 Å². The molecule has 1 N–H and O–H groups in total. The molecule has 0 radical (unpaired) electrons. The molecule has 1 aromatic rings. The van der Waals surface area contributed by atoms with E-state index in [-0.39, 0.29) is 24.0 Å². The van der Waals surface area contributed by atoms with Crippen LogP contribution in [0, 0.1) is 5.92 Å². The van der Waals surface area contributed by atoms with Crippen LogP contribution in [0.2, 0.25) is 0 Å². The predicted molar refractivity (Wildman–Crippen MR) is 108 cm³/mol. The summed E-state index contributed by atoms with van der Waals surface area (Å²) in [5, 5.41) is 3.33. The Morgan fingerprint density at radius 2 is 2.35 bits per heavy atom. The van der Waals surface area contributed by atoms with Crippen molar-refractivity contribution in [2.45, 2.75) is 6.42 Å². The number of guanidine groups is 1. The van der Waals surface area contributed by atoms with Crippen LogP contribution in [-0.4, -0.2) is 57.9 Å². The standard InChI is InChI=1S/C16H24BrN3O2.HI/c1-18-16(20(2)11-13-6-8-21-12-13)19-7-9-22-15-5-3-4-14(17)10-15;/h3-5,10,13H,6-9,11-12H2,1-2H3,(H,18,19);1H. The molecule has 1 aliphatic heterocycles. The Morgan fingerprint density at radius 3 is 3.00 bits per heavy atom. The lowest BCUT2D eigenvalue weighted by molar-refractivity contribution is 0.181. The monoisotopic (exact) mass is 497 g/mol. The van der Waals surface area contributed by atoms with Crippen LogP contribution >= 0.6 is 39.9 Å². The topological polar surface area (TPSA) is 46.1 Å². The van der Waals surface area contributed by atoms with Gasteiger partial charge in [0.25, 0.3) is 0 Å². The molecule has 0 bridgehead atoms. The number of hydrogen-bond donors (Lipinski definition) is 1. The molecule has 1 aromatic carbocycles. The van der Waals surface area contributed by atoms with E-state index in [4.69, 9.17) is 9.47 Å². The molecule has 1 heterocycles. The second kappa shape index (κ2) is 11.1. The maximum absolute atomic E-state index is 5.71. The fraction of sp³-hybridized carbons (Fsp3) is 0.562. The number of nitrogens with one attached hydrogen (secondary N) is 1. The van der Waals surface area contributed by atoms with Crippen molar-refractivity contribution in [1.29, 1.82) is 0 Å². The van der Waals surface area contributed by atoms with E-state index in [1.807, 2.05) is 24.3 Å². The zero-order valence-electron chi connectivity index (χ0n) is 13.6. The van der Waals surface area contributed by atoms with Crippen LogP contribution in [0.1, 0.15) is 6.42 Å². The maximum Gasteiger partial charge on any atom is 0.193 e. The van der Waals surface area contributed by atoms with Gasteiger partial charge in [-0.25, -0.2) is 0 Å². The summed E-state index contributed by atoms with van der Waals surface area (Å²) in [5.74, 6) is 2.36. The molecule has 0 aliphatic carbocycles. The van der Waals surface area contributed by atoms with Crippen molar-refractivity contribution < 1.29 is 9.47 Å². The summed E-state index contributed by atoms with van der Waals surface area (Å²) in [6.07, 6.45) is 1.13. The highest BCUT2D eigenvalue weighted by atomic mass is 127. The molecule has 7 heteroatoms. The van der Waals surface area contributed by atoms with Crippen LogP contribution in [0.3, 0.4) is 0 Å². The van der Waals surface area contributed by atoms with Gasteiger partial charge in [-0.2, -0.15) is 0 Å². The molecule has 5 nitrogen and oxygen atoms in total. The molecule has 2 rings (SSSR count). The van der Waals surface area contributed by atoms with Gasteiger partial charge in [0.15, 0.2) is 5.96 Å². The van der Waals surface area contributed by atoms with Gasteiger partial charge in [0.2, 0.25) is 0 Å². The number of hydrogen-bond acceptors (Lipinski definition) is 3. The van der Waals surface area contributed by atoms with E-state index in [1.54, 1.807) is 7.05 Å². The van der Waals surface area contributed by atoms with E-state index in [2.05, 4.69) is 38.2 Å². The van der Waals surface area contributed by atoms with Crippen molar-refractivity contribution >= 4 is 45.9 Å². The highest BCUT2D eigenvalue weighted by molar-refractivity contribution is 14.0. The van der Waals surface area contributed by atoms with Gasteiger partial charge in [-0.1, -0.05) is 22.0 Å². The van der Waals surface area contributed by atoms with Crippen LogP contribution < -0.4 is 10.1 Å². The molecule has 0 saturated carbocycles. The van der Waals surface area contributed by atoms with Gasteiger partial charge in [-0.15, -0.1) is 24.0 Å². The van der Waals surface area contributed by atoms with Crippen molar-refractivity contribution in [3.8, 4) is 5.75 Å². The van der Waals surface area contributed by atoms with Crippen LogP contribution in [0.15, 0.2) is 33.7 Å². The molecule has 0 amide bonds. The molecule has 130 valence electrons. The molecular weight excluding hydrogens is 473 g/mol. The third-order valence-electron chi connectivity index (χ3n) is 3.58. The van der Waals surface area contributed by atoms with Gasteiger partial charge < -0.3 is 19.7 Å². The maximum atomic E-state index is 5.71. The fourth-order valence-electron chi connectivity index (χ4n) is 2.47. The number of aliphatic imine (C=N–C) groups is 1. The summed E-state index contributed by atoms with van der Waals surface area (Å²) in [6, 6.07) is 7.85. The average Bonchev–Trinajstić information content (AvgIpc) is 3.00. The lowest BCUT2D eigenvalue weighted by Gasteiger charge is -2.24. The normalized spacial score (nSPS) is 17.5. The number of halogens is 2. The van der Waals surface area contributed by atoms with Gasteiger partial charge in [0.1, 0.15) is 12.4 Å². The molecular formula is C16H25BrIN3O2. The third kappa shape index (κ3) is 7.26. The first kappa shape index (κ1) is 20.5. The summed E-state index contributed by atoms with van der Waals surface area (Å²) in [4.78, 5) is 6.47. The first-order chi connectivity index (χ1) is 10.7. The minimum Gasteiger partial charge on any atom is -0.492 e. The summed E-state index contributed by atoms with van der Waals surface area (Å²) < 4.78 is 12.1. The molecule has 23 heavy (non-hydrogen) atoms. The van der Waals surface area contributed by atoms with Crippen molar-refractivity contribution in [2.24, 2.45) is 10.9 Å². The van der Waals surface area contributed by atoms with Crippen molar-refractivity contribution in [3.63, 3.8) is 0 Å². The molecule has 1 saturated heterocycles. The largest absolute Gasteiger partial charge is 0.492 e. The van der Waals surface area contributed by atoms with E-state index in [0.717, 1.165) is 42.4 Å². The Morgan fingerprint density at radius 1 is 1.52 bits per heavy atom. The predicted octanol–water partition coefficient (Wildman–Crippen LogP) is 2.99. The summed E-state index contributed by atoms with van der Waals surface area (Å²) in [6.45, 7) is 4.01. The molecule has 1 atom stereocenters. The van der Waals surface area contributed by atoms with Gasteiger partial charge in [-0.3, -0.25) is 4.99 Å². The Balaban J connectivity index is 0.00000264. The minimum absolute atomic E-state index is 0.